The number of anilines is 3. The van der Waals surface area contributed by atoms with E-state index in [0.717, 1.165) is 16.7 Å². The highest BCUT2D eigenvalue weighted by Crippen LogP contribution is 2.40. The lowest BCUT2D eigenvalue weighted by Gasteiger charge is -2.40. The number of halogens is 9. The Morgan fingerprint density at radius 2 is 0.634 bits per heavy atom. The Kier molecular flexibility index (Phi) is 34.5. The van der Waals surface area contributed by atoms with Crippen LogP contribution in [-0.2, 0) is 28.8 Å². The molecule has 0 aliphatic carbocycles. The molecule has 3 unspecified atom stereocenters. The molecule has 3 aliphatic heterocycles. The van der Waals surface area contributed by atoms with Gasteiger partial charge in [-0.2, -0.15) is 0 Å². The molecule has 6 amide bonds. The molecule has 3 heterocycles. The highest BCUT2D eigenvalue weighted by molar-refractivity contribution is 6.31. The van der Waals surface area contributed by atoms with Crippen molar-refractivity contribution in [3.63, 3.8) is 0 Å². The van der Waals surface area contributed by atoms with Crippen LogP contribution in [0.3, 0.4) is 0 Å². The van der Waals surface area contributed by atoms with E-state index in [1.165, 1.54) is 51.1 Å². The van der Waals surface area contributed by atoms with Crippen LogP contribution in [0.5, 0.6) is 34.5 Å². The first kappa shape index (κ1) is 89.8. The van der Waals surface area contributed by atoms with Crippen molar-refractivity contribution < 1.29 is 56.1 Å². The van der Waals surface area contributed by atoms with Gasteiger partial charge in [-0.05, 0) is 209 Å². The van der Waals surface area contributed by atoms with Crippen LogP contribution >= 0.6 is 72.0 Å². The largest absolute Gasteiger partial charge is 0.457 e. The number of hydrogen-bond acceptors (Lipinski definition) is 12. The second-order valence-corrected chi connectivity index (χ2v) is 27.9. The molecule has 9 aromatic carbocycles. The van der Waals surface area contributed by atoms with Gasteiger partial charge in [0.05, 0.1) is 0 Å². The molecular weight excluding hydrogens is 1560 g/mol. The van der Waals surface area contributed by atoms with Crippen LogP contribution in [0.4, 0.5) is 30.2 Å². The van der Waals surface area contributed by atoms with Gasteiger partial charge in [0.15, 0.2) is 0 Å². The molecule has 112 heavy (non-hydrogen) atoms. The zero-order chi connectivity index (χ0) is 77.8. The summed E-state index contributed by atoms with van der Waals surface area (Å²) in [7, 11) is 0. The number of carbonyl (C=O) groups excluding carboxylic acids is 6. The van der Waals surface area contributed by atoms with Gasteiger partial charge < -0.3 is 44.9 Å². The number of aryl methyl sites for hydroxylation is 3. The summed E-state index contributed by atoms with van der Waals surface area (Å²) in [5, 5.41) is 10.1. The van der Waals surface area contributed by atoms with Gasteiger partial charge in [0, 0.05) is 93.6 Å². The fourth-order valence-electron chi connectivity index (χ4n) is 13.6. The monoisotopic (exact) mass is 1650 g/mol. The molecule has 594 valence electrons. The summed E-state index contributed by atoms with van der Waals surface area (Å²) in [5.74, 6) is -0.369. The molecule has 3 aliphatic rings. The van der Waals surface area contributed by atoms with Gasteiger partial charge in [0.2, 0.25) is 17.7 Å². The predicted molar refractivity (Wildman–Crippen MR) is 444 cm³/mol. The number of rotatable bonds is 21. The minimum Gasteiger partial charge on any atom is -0.457 e. The topological polar surface area (TPSA) is 186 Å². The summed E-state index contributed by atoms with van der Waals surface area (Å²) in [6, 6.07) is 58.5. The van der Waals surface area contributed by atoms with Crippen LogP contribution in [0.25, 0.3) is 0 Å². The van der Waals surface area contributed by atoms with Gasteiger partial charge in [-0.15, -0.1) is 72.0 Å². The van der Waals surface area contributed by atoms with Crippen molar-refractivity contribution in [2.24, 2.45) is 0 Å². The molecule has 9 aromatic rings. The smallest absolute Gasteiger partial charge is 0.250 e. The molecule has 7 atom stereocenters. The number of hydrogen-bond donors (Lipinski definition) is 3. The summed E-state index contributed by atoms with van der Waals surface area (Å²) < 4.78 is 59.2. The van der Waals surface area contributed by atoms with Crippen molar-refractivity contribution in [2.75, 3.05) is 84.7 Å². The minimum absolute atomic E-state index is 0. The van der Waals surface area contributed by atoms with Gasteiger partial charge in [-0.1, -0.05) is 91.0 Å². The summed E-state index contributed by atoms with van der Waals surface area (Å²) >= 11 is 18.2. The zero-order valence-electron chi connectivity index (χ0n) is 63.0. The van der Waals surface area contributed by atoms with Crippen molar-refractivity contribution in [2.45, 2.75) is 90.8 Å². The van der Waals surface area contributed by atoms with E-state index in [0.29, 0.717) is 121 Å². The molecule has 0 spiro atoms. The summed E-state index contributed by atoms with van der Waals surface area (Å²) in [6.07, 6.45) is 0. The van der Waals surface area contributed by atoms with Crippen molar-refractivity contribution in [3.8, 4) is 34.5 Å². The Labute approximate surface area is 686 Å². The first-order valence-corrected chi connectivity index (χ1v) is 37.6. The number of ether oxygens (including phenoxy) is 3. The fraction of sp³-hybridized carbons (Fsp3) is 0.294. The van der Waals surface area contributed by atoms with E-state index in [9.17, 15) is 41.9 Å². The van der Waals surface area contributed by atoms with Crippen LogP contribution in [-0.4, -0.2) is 144 Å². The lowest BCUT2D eigenvalue weighted by Crippen LogP contribution is -2.58. The molecule has 0 saturated carbocycles. The fourth-order valence-corrected chi connectivity index (χ4v) is 14.0. The Morgan fingerprint density at radius 1 is 0.375 bits per heavy atom. The third kappa shape index (κ3) is 23.6. The Hall–Kier alpha value is -9.39. The second-order valence-electron chi connectivity index (χ2n) is 27.1. The number of alkyl halides is 3. The van der Waals surface area contributed by atoms with Crippen LogP contribution in [0.15, 0.2) is 218 Å². The molecular formula is C85H92Cl6F3N9O9. The Bertz CT molecular complexity index is 4380. The van der Waals surface area contributed by atoms with Gasteiger partial charge in [0.1, 0.15) is 87.7 Å². The quantitative estimate of drug-likeness (QED) is 0.0579. The molecule has 3 fully saturated rings. The maximum atomic E-state index is 14.1. The number of para-hydroxylation sites is 3. The van der Waals surface area contributed by atoms with Gasteiger partial charge in [-0.3, -0.25) is 43.5 Å². The maximum Gasteiger partial charge on any atom is 0.250 e. The third-order valence-corrected chi connectivity index (χ3v) is 19.3. The molecule has 27 heteroatoms. The molecule has 0 radical (unpaired) electrons. The van der Waals surface area contributed by atoms with E-state index in [4.69, 9.17) is 49.0 Å². The summed E-state index contributed by atoms with van der Waals surface area (Å²) in [6.45, 7) is 17.9. The number of carbonyl (C=O) groups is 6. The molecule has 0 aromatic heterocycles. The van der Waals surface area contributed by atoms with Gasteiger partial charge in [0.25, 0.3) is 17.7 Å². The third-order valence-electron chi connectivity index (χ3n) is 18.6. The lowest BCUT2D eigenvalue weighted by atomic mass is 9.99. The van der Waals surface area contributed by atoms with Crippen LogP contribution < -0.4 is 44.9 Å². The number of benzene rings is 9. The number of nitrogens with zero attached hydrogens (tertiary/aromatic N) is 6. The highest BCUT2D eigenvalue weighted by atomic mass is 35.5. The standard InChI is InChI=1S/C29H31ClFN3O3.2C28H29ClFN3O3.3ClH/c1-19-15-25(37-24-7-5-4-6-8-24)13-14-26(19)34(27(35)16-30)28(22-9-11-23(31)12-10-22)29(36)33-17-20(2)32-21(3)18-33;2*1-19-16-24(36-23-6-4-3-5-7-23)12-13-25(19)33(26(34)17-29)27(21-8-10-22(30)11-9-21)28(35)32-15-14-31-20(2)18-32;;;/h4-15,20-21,28,32H,16-18H2,1-3H3;2*3-13,16,20,27,31H,14-15,17-18H2,1-2H3;3*1H/t20-,21+,28?;2*20-,27?;;;/m.10.../s1. The van der Waals surface area contributed by atoms with Gasteiger partial charge >= 0.3 is 0 Å². The molecule has 3 saturated heterocycles. The first-order chi connectivity index (χ1) is 52.5. The first-order valence-electron chi connectivity index (χ1n) is 36.0. The number of nitrogens with one attached hydrogen (secondary N) is 3. The van der Waals surface area contributed by atoms with Crippen molar-refractivity contribution in [1.82, 2.24) is 30.7 Å². The van der Waals surface area contributed by atoms with Crippen LogP contribution in [0.1, 0.15) is 79.2 Å². The zero-order valence-corrected chi connectivity index (χ0v) is 67.7. The molecule has 12 rings (SSSR count). The van der Waals surface area contributed by atoms with E-state index >= 15 is 0 Å². The number of amides is 6. The SMILES string of the molecule is Cc1cc(Oc2ccccc2)ccc1N(C(=O)CCl)C(C(=O)N1CCN[C@@H](C)C1)c1ccc(F)cc1.Cc1cc(Oc2ccccc2)ccc1N(C(=O)CCl)C(C(=O)N1CCN[C@H](C)C1)c1ccc(F)cc1.Cc1cc(Oc2ccccc2)ccc1N(C(=O)CCl)C(C(=O)N1C[C@@H](C)N[C@@H](C)C1)c1ccc(F)cc1.Cl.Cl.Cl. The normalized spacial score (nSPS) is 16.5. The van der Waals surface area contributed by atoms with Crippen LogP contribution in [0.2, 0.25) is 0 Å². The highest BCUT2D eigenvalue weighted by Gasteiger charge is 2.41. The predicted octanol–water partition coefficient (Wildman–Crippen LogP) is 16.8. The summed E-state index contributed by atoms with van der Waals surface area (Å²) in [5.41, 5.74) is 5.32. The van der Waals surface area contributed by atoms with Crippen molar-refractivity contribution >= 4 is 125 Å². The summed E-state index contributed by atoms with van der Waals surface area (Å²) in [4.78, 5) is 91.4. The van der Waals surface area contributed by atoms with E-state index < -0.39 is 53.3 Å². The minimum atomic E-state index is -1.01. The van der Waals surface area contributed by atoms with E-state index in [2.05, 4.69) is 16.0 Å². The van der Waals surface area contributed by atoms with Crippen LogP contribution in [0, 0.1) is 38.2 Å². The Balaban J connectivity index is 0.000000230. The lowest BCUT2D eigenvalue weighted by molar-refractivity contribution is -0.136. The number of piperazine rings is 3. The van der Waals surface area contributed by atoms with E-state index in [1.54, 1.807) is 87.5 Å². The van der Waals surface area contributed by atoms with E-state index in [1.807, 2.05) is 158 Å². The molecule has 0 bridgehead atoms. The van der Waals surface area contributed by atoms with Gasteiger partial charge in [-0.25, -0.2) is 13.2 Å². The second kappa shape index (κ2) is 43.0. The molecule has 18 nitrogen and oxygen atoms in total. The average molecular weight is 1650 g/mol. The maximum absolute atomic E-state index is 14.1. The average Bonchev–Trinajstić information content (AvgIpc) is 0.787. The van der Waals surface area contributed by atoms with Crippen molar-refractivity contribution in [3.05, 3.63) is 269 Å². The Morgan fingerprint density at radius 3 is 0.884 bits per heavy atom. The van der Waals surface area contributed by atoms with Crippen molar-refractivity contribution in [1.29, 1.82) is 0 Å². The van der Waals surface area contributed by atoms with E-state index in [-0.39, 0.29) is 96.8 Å². The molecule has 3 N–H and O–H groups in total.